The molecule has 3 aromatic heterocycles. The zero-order valence-corrected chi connectivity index (χ0v) is 17.6. The van der Waals surface area contributed by atoms with Crippen molar-refractivity contribution in [2.45, 2.75) is 29.8 Å². The first-order valence-electron chi connectivity index (χ1n) is 9.00. The maximum absolute atomic E-state index is 12.7. The number of hydrogen-bond acceptors (Lipinski definition) is 7. The molecule has 5 rings (SSSR count). The summed E-state index contributed by atoms with van der Waals surface area (Å²) in [6.45, 7) is 2.61. The van der Waals surface area contributed by atoms with Crippen molar-refractivity contribution in [2.75, 3.05) is 11.5 Å². The summed E-state index contributed by atoms with van der Waals surface area (Å²) in [5.41, 5.74) is 1.92. The molecule has 0 N–H and O–H groups in total. The van der Waals surface area contributed by atoms with Crippen LogP contribution in [-0.2, 0) is 6.54 Å². The van der Waals surface area contributed by atoms with E-state index in [2.05, 4.69) is 26.9 Å². The summed E-state index contributed by atoms with van der Waals surface area (Å²) in [7, 11) is 0. The van der Waals surface area contributed by atoms with Crippen molar-refractivity contribution in [1.29, 1.82) is 0 Å². The first-order chi connectivity index (χ1) is 13.8. The molecular weight excluding hydrogens is 410 g/mol. The average Bonchev–Trinajstić information content (AvgIpc) is 3.44. The van der Waals surface area contributed by atoms with Crippen LogP contribution in [0.5, 0.6) is 0 Å². The molecule has 0 radical (unpaired) electrons. The smallest absolute Gasteiger partial charge is 0.272 e. The van der Waals surface area contributed by atoms with E-state index >= 15 is 0 Å². The van der Waals surface area contributed by atoms with Crippen LogP contribution in [0, 0.1) is 0 Å². The van der Waals surface area contributed by atoms with Gasteiger partial charge in [-0.1, -0.05) is 53.9 Å². The third-order valence-corrected chi connectivity index (χ3v) is 7.82. The van der Waals surface area contributed by atoms with E-state index < -0.39 is 0 Å². The molecule has 0 bridgehead atoms. The highest BCUT2D eigenvalue weighted by Crippen LogP contribution is 2.38. The molecule has 1 aliphatic heterocycles. The van der Waals surface area contributed by atoms with Crippen LogP contribution in [-0.4, -0.2) is 35.8 Å². The van der Waals surface area contributed by atoms with E-state index in [0.29, 0.717) is 6.54 Å². The number of benzene rings is 1. The molecule has 28 heavy (non-hydrogen) atoms. The lowest BCUT2D eigenvalue weighted by molar-refractivity contribution is 0.592. The van der Waals surface area contributed by atoms with Gasteiger partial charge in [-0.3, -0.25) is 13.9 Å². The Morgan fingerprint density at radius 3 is 2.89 bits per heavy atom. The second-order valence-electron chi connectivity index (χ2n) is 6.40. The standard InChI is InChI=1S/C19H17N5OS3/c1-2-23-17(25)15-14(8-9-26-15)20-18(23)27-10-13-11-28-19-22-21-16(24(13)19)12-6-4-3-5-7-12/h3-9,13H,2,10-11H2,1H3/t13-/m1/s1. The Morgan fingerprint density at radius 2 is 2.07 bits per heavy atom. The molecular formula is C19H17N5OS3. The number of hydrogen-bond donors (Lipinski definition) is 0. The molecule has 0 saturated carbocycles. The van der Waals surface area contributed by atoms with E-state index in [9.17, 15) is 4.79 Å². The summed E-state index contributed by atoms with van der Waals surface area (Å²) in [6, 6.07) is 12.3. The number of fused-ring (bicyclic) bond motifs is 2. The highest BCUT2D eigenvalue weighted by molar-refractivity contribution is 8.00. The fraction of sp³-hybridized carbons (Fsp3) is 0.263. The van der Waals surface area contributed by atoms with Crippen LogP contribution in [0.2, 0.25) is 0 Å². The van der Waals surface area contributed by atoms with E-state index in [4.69, 9.17) is 4.98 Å². The molecule has 1 atom stereocenters. The highest BCUT2D eigenvalue weighted by atomic mass is 32.2. The third-order valence-electron chi connectivity index (χ3n) is 4.72. The van der Waals surface area contributed by atoms with Gasteiger partial charge in [0.2, 0.25) is 0 Å². The Morgan fingerprint density at radius 1 is 1.21 bits per heavy atom. The van der Waals surface area contributed by atoms with Gasteiger partial charge in [0.1, 0.15) is 4.70 Å². The lowest BCUT2D eigenvalue weighted by Crippen LogP contribution is -2.22. The quantitative estimate of drug-likeness (QED) is 0.352. The van der Waals surface area contributed by atoms with Gasteiger partial charge < -0.3 is 0 Å². The molecule has 0 saturated heterocycles. The first kappa shape index (κ1) is 18.0. The van der Waals surface area contributed by atoms with Crippen molar-refractivity contribution in [3.05, 3.63) is 52.1 Å². The Hall–Kier alpha value is -2.10. The highest BCUT2D eigenvalue weighted by Gasteiger charge is 2.29. The lowest BCUT2D eigenvalue weighted by atomic mass is 10.2. The van der Waals surface area contributed by atoms with Crippen molar-refractivity contribution < 1.29 is 0 Å². The number of thiophene rings is 1. The van der Waals surface area contributed by atoms with Gasteiger partial charge in [-0.05, 0) is 18.4 Å². The molecule has 0 amide bonds. The van der Waals surface area contributed by atoms with Crippen molar-refractivity contribution in [1.82, 2.24) is 24.3 Å². The molecule has 0 aliphatic carbocycles. The number of rotatable bonds is 5. The normalized spacial score (nSPS) is 16.0. The van der Waals surface area contributed by atoms with Gasteiger partial charge in [0, 0.05) is 23.6 Å². The largest absolute Gasteiger partial charge is 0.297 e. The summed E-state index contributed by atoms with van der Waals surface area (Å²) in [5, 5.41) is 12.4. The Bertz CT molecular complexity index is 1200. The zero-order chi connectivity index (χ0) is 19.1. The Balaban J connectivity index is 1.45. The van der Waals surface area contributed by atoms with Crippen LogP contribution >= 0.6 is 34.9 Å². The van der Waals surface area contributed by atoms with E-state index in [0.717, 1.165) is 43.4 Å². The Kier molecular flexibility index (Phi) is 4.73. The van der Waals surface area contributed by atoms with Crippen molar-refractivity contribution in [3.8, 4) is 11.4 Å². The summed E-state index contributed by atoms with van der Waals surface area (Å²) < 4.78 is 4.73. The fourth-order valence-corrected chi connectivity index (χ4v) is 6.49. The van der Waals surface area contributed by atoms with Gasteiger partial charge in [0.25, 0.3) is 5.56 Å². The average molecular weight is 428 g/mol. The minimum Gasteiger partial charge on any atom is -0.297 e. The van der Waals surface area contributed by atoms with Gasteiger partial charge in [-0.2, -0.15) is 0 Å². The molecule has 1 aliphatic rings. The van der Waals surface area contributed by atoms with Gasteiger partial charge in [0.05, 0.1) is 11.6 Å². The van der Waals surface area contributed by atoms with Crippen molar-refractivity contribution in [3.63, 3.8) is 0 Å². The maximum Gasteiger partial charge on any atom is 0.272 e. The van der Waals surface area contributed by atoms with Crippen LogP contribution in [0.3, 0.4) is 0 Å². The van der Waals surface area contributed by atoms with E-state index in [1.807, 2.05) is 36.6 Å². The van der Waals surface area contributed by atoms with Gasteiger partial charge in [-0.15, -0.1) is 21.5 Å². The van der Waals surface area contributed by atoms with Crippen LogP contribution in [0.25, 0.3) is 21.6 Å². The molecule has 9 heteroatoms. The lowest BCUT2D eigenvalue weighted by Gasteiger charge is -2.15. The first-order valence-corrected chi connectivity index (χ1v) is 11.8. The molecule has 4 heterocycles. The predicted molar refractivity (Wildman–Crippen MR) is 115 cm³/mol. The summed E-state index contributed by atoms with van der Waals surface area (Å²) in [4.78, 5) is 17.5. The maximum atomic E-state index is 12.7. The second kappa shape index (κ2) is 7.38. The summed E-state index contributed by atoms with van der Waals surface area (Å²) >= 11 is 4.83. The SMILES string of the molecule is CCn1c(SC[C@@H]2CSc3nnc(-c4ccccc4)n32)nc2ccsc2c1=O. The summed E-state index contributed by atoms with van der Waals surface area (Å²) in [5.74, 6) is 2.68. The van der Waals surface area contributed by atoms with Gasteiger partial charge in [-0.25, -0.2) is 4.98 Å². The number of aromatic nitrogens is 5. The summed E-state index contributed by atoms with van der Waals surface area (Å²) in [6.07, 6.45) is 0. The molecule has 0 unspecified atom stereocenters. The minimum atomic E-state index is 0.0563. The second-order valence-corrected chi connectivity index (χ2v) is 9.29. The van der Waals surface area contributed by atoms with Gasteiger partial charge >= 0.3 is 0 Å². The number of thioether (sulfide) groups is 2. The Labute approximate surface area is 174 Å². The molecule has 1 aromatic carbocycles. The molecule has 142 valence electrons. The van der Waals surface area contributed by atoms with Gasteiger partial charge in [0.15, 0.2) is 16.1 Å². The molecule has 0 fully saturated rings. The van der Waals surface area contributed by atoms with E-state index in [1.54, 1.807) is 28.1 Å². The van der Waals surface area contributed by atoms with Crippen molar-refractivity contribution >= 4 is 45.1 Å². The fourth-order valence-electron chi connectivity index (χ4n) is 3.34. The predicted octanol–water partition coefficient (Wildman–Crippen LogP) is 4.18. The monoisotopic (exact) mass is 427 g/mol. The molecule has 6 nitrogen and oxygen atoms in total. The molecule has 0 spiro atoms. The van der Waals surface area contributed by atoms with Crippen LogP contribution < -0.4 is 5.56 Å². The van der Waals surface area contributed by atoms with Crippen molar-refractivity contribution in [2.24, 2.45) is 0 Å². The van der Waals surface area contributed by atoms with E-state index in [-0.39, 0.29) is 11.6 Å². The van der Waals surface area contributed by atoms with Crippen LogP contribution in [0.15, 0.2) is 56.9 Å². The van der Waals surface area contributed by atoms with Crippen LogP contribution in [0.4, 0.5) is 0 Å². The zero-order valence-electron chi connectivity index (χ0n) is 15.1. The third kappa shape index (κ3) is 2.98. The molecule has 4 aromatic rings. The minimum absolute atomic E-state index is 0.0563. The van der Waals surface area contributed by atoms with Crippen LogP contribution in [0.1, 0.15) is 13.0 Å². The number of nitrogens with zero attached hydrogens (tertiary/aromatic N) is 5. The van der Waals surface area contributed by atoms with E-state index in [1.165, 1.54) is 11.3 Å². The topological polar surface area (TPSA) is 65.6 Å².